The molecule has 0 saturated carbocycles. The van der Waals surface area contributed by atoms with Crippen LogP contribution in [0.25, 0.3) is 0 Å². The van der Waals surface area contributed by atoms with E-state index in [4.69, 9.17) is 4.74 Å². The number of anilines is 3. The first-order valence-electron chi connectivity index (χ1n) is 14.7. The van der Waals surface area contributed by atoms with Crippen LogP contribution in [0.15, 0.2) is 43.2 Å². The number of hydrogen-bond acceptors (Lipinski definition) is 8. The standard InChI is InChI=1S/C30H41N7O5/c1-4-34(5-2)28-31-21-25(37(6-3)29(40)35-16-10-11-17-35)26(33-28)32-24(27(38)39)20-22-12-14-23(15-13-22)42-30(41)36-18-8-7-9-19-36/h6,12-15,21,24H,3-5,7-11,16-20H2,1-2H3,(H,38,39)(H,31,32,33). The molecule has 2 aromatic rings. The van der Waals surface area contributed by atoms with Gasteiger partial charge in [-0.2, -0.15) is 4.98 Å². The van der Waals surface area contributed by atoms with E-state index in [1.165, 1.54) is 17.3 Å². The third-order valence-corrected chi connectivity index (χ3v) is 7.62. The number of piperidine rings is 1. The predicted molar refractivity (Wildman–Crippen MR) is 161 cm³/mol. The maximum Gasteiger partial charge on any atom is 0.415 e. The monoisotopic (exact) mass is 579 g/mol. The number of benzene rings is 1. The lowest BCUT2D eigenvalue weighted by Crippen LogP contribution is -2.40. The molecule has 4 rings (SSSR count). The number of urea groups is 1. The van der Waals surface area contributed by atoms with Crippen LogP contribution in [0.3, 0.4) is 0 Å². The van der Waals surface area contributed by atoms with Gasteiger partial charge in [-0.1, -0.05) is 18.7 Å². The SMILES string of the molecule is C=CN(C(=O)N1CCCC1)c1cnc(N(CC)CC)nc1NC(Cc1ccc(OC(=O)N2CCCCC2)cc1)C(=O)O. The Morgan fingerprint density at radius 3 is 2.24 bits per heavy atom. The van der Waals surface area contributed by atoms with Crippen LogP contribution in [0.1, 0.15) is 51.5 Å². The molecule has 12 nitrogen and oxygen atoms in total. The third kappa shape index (κ3) is 7.48. The van der Waals surface area contributed by atoms with Gasteiger partial charge in [0.15, 0.2) is 5.82 Å². The van der Waals surface area contributed by atoms with Crippen LogP contribution in [0.2, 0.25) is 0 Å². The Hall–Kier alpha value is -4.35. The highest BCUT2D eigenvalue weighted by Crippen LogP contribution is 2.29. The smallest absolute Gasteiger partial charge is 0.415 e. The number of rotatable bonds is 11. The van der Waals surface area contributed by atoms with E-state index in [-0.39, 0.29) is 24.4 Å². The number of amides is 3. The Morgan fingerprint density at radius 1 is 1.02 bits per heavy atom. The van der Waals surface area contributed by atoms with Gasteiger partial charge in [-0.3, -0.25) is 4.90 Å². The van der Waals surface area contributed by atoms with E-state index in [1.54, 1.807) is 34.1 Å². The zero-order valence-electron chi connectivity index (χ0n) is 24.5. The second-order valence-electron chi connectivity index (χ2n) is 10.4. The van der Waals surface area contributed by atoms with Crippen molar-refractivity contribution in [1.29, 1.82) is 0 Å². The number of carbonyl (C=O) groups excluding carboxylic acids is 2. The molecular formula is C30H41N7O5. The molecule has 1 aromatic carbocycles. The number of likely N-dealkylation sites (tertiary alicyclic amines) is 2. The molecule has 226 valence electrons. The van der Waals surface area contributed by atoms with Gasteiger partial charge in [0.25, 0.3) is 0 Å². The number of hydrogen-bond donors (Lipinski definition) is 2. The normalized spacial score (nSPS) is 15.6. The molecule has 42 heavy (non-hydrogen) atoms. The fourth-order valence-corrected chi connectivity index (χ4v) is 5.18. The molecule has 0 spiro atoms. The van der Waals surface area contributed by atoms with Crippen molar-refractivity contribution in [3.8, 4) is 5.75 Å². The van der Waals surface area contributed by atoms with Crippen molar-refractivity contribution in [2.24, 2.45) is 0 Å². The molecule has 0 radical (unpaired) electrons. The highest BCUT2D eigenvalue weighted by atomic mass is 16.6. The van der Waals surface area contributed by atoms with Crippen LogP contribution < -0.4 is 19.9 Å². The zero-order valence-corrected chi connectivity index (χ0v) is 24.5. The number of ether oxygens (including phenoxy) is 1. The van der Waals surface area contributed by atoms with Gasteiger partial charge in [0.05, 0.1) is 6.20 Å². The van der Waals surface area contributed by atoms with Gasteiger partial charge in [-0.25, -0.2) is 19.4 Å². The van der Waals surface area contributed by atoms with Crippen molar-refractivity contribution in [3.63, 3.8) is 0 Å². The van der Waals surface area contributed by atoms with E-state index in [2.05, 4.69) is 21.9 Å². The highest BCUT2D eigenvalue weighted by molar-refractivity contribution is 5.97. The quantitative estimate of drug-likeness (QED) is 0.393. The summed E-state index contributed by atoms with van der Waals surface area (Å²) in [6.07, 6.45) is 7.59. The number of nitrogens with zero attached hydrogens (tertiary/aromatic N) is 6. The lowest BCUT2D eigenvalue weighted by atomic mass is 10.1. The summed E-state index contributed by atoms with van der Waals surface area (Å²) in [5, 5.41) is 13.2. The summed E-state index contributed by atoms with van der Waals surface area (Å²) < 4.78 is 5.52. The average Bonchev–Trinajstić information content (AvgIpc) is 3.55. The maximum absolute atomic E-state index is 13.3. The summed E-state index contributed by atoms with van der Waals surface area (Å²) in [5.74, 6) is -0.0366. The van der Waals surface area contributed by atoms with Gasteiger partial charge >= 0.3 is 18.1 Å². The van der Waals surface area contributed by atoms with Crippen molar-refractivity contribution in [2.45, 2.75) is 58.4 Å². The molecule has 2 aliphatic rings. The lowest BCUT2D eigenvalue weighted by molar-refractivity contribution is -0.137. The van der Waals surface area contributed by atoms with E-state index < -0.39 is 12.0 Å². The van der Waals surface area contributed by atoms with Gasteiger partial charge in [-0.05, 0) is 63.6 Å². The van der Waals surface area contributed by atoms with E-state index in [9.17, 15) is 19.5 Å². The van der Waals surface area contributed by atoms with Crippen LogP contribution in [-0.2, 0) is 11.2 Å². The summed E-state index contributed by atoms with van der Waals surface area (Å²) in [6.45, 7) is 11.8. The molecule has 2 N–H and O–H groups in total. The summed E-state index contributed by atoms with van der Waals surface area (Å²) in [6, 6.07) is 5.49. The van der Waals surface area contributed by atoms with Crippen molar-refractivity contribution >= 4 is 35.5 Å². The Bertz CT molecular complexity index is 1240. The van der Waals surface area contributed by atoms with Gasteiger partial charge in [0.2, 0.25) is 5.95 Å². The Balaban J connectivity index is 1.55. The van der Waals surface area contributed by atoms with Crippen LogP contribution in [0.5, 0.6) is 5.75 Å². The highest BCUT2D eigenvalue weighted by Gasteiger charge is 2.28. The fourth-order valence-electron chi connectivity index (χ4n) is 5.18. The minimum absolute atomic E-state index is 0.119. The minimum atomic E-state index is -1.08. The summed E-state index contributed by atoms with van der Waals surface area (Å²) >= 11 is 0. The number of carbonyl (C=O) groups is 3. The zero-order chi connectivity index (χ0) is 30.1. The molecule has 1 aromatic heterocycles. The summed E-state index contributed by atoms with van der Waals surface area (Å²) in [5.41, 5.74) is 1.05. The molecular weight excluding hydrogens is 538 g/mol. The first-order valence-corrected chi connectivity index (χ1v) is 14.7. The van der Waals surface area contributed by atoms with Crippen molar-refractivity contribution < 1.29 is 24.2 Å². The number of carboxylic acid groups (broad SMARTS) is 1. The summed E-state index contributed by atoms with van der Waals surface area (Å²) in [4.78, 5) is 54.1. The van der Waals surface area contributed by atoms with E-state index in [0.29, 0.717) is 56.7 Å². The van der Waals surface area contributed by atoms with Crippen LogP contribution in [0.4, 0.5) is 27.0 Å². The molecule has 3 heterocycles. The Kier molecular flexibility index (Phi) is 10.6. The Morgan fingerprint density at radius 2 is 1.64 bits per heavy atom. The summed E-state index contributed by atoms with van der Waals surface area (Å²) in [7, 11) is 0. The van der Waals surface area contributed by atoms with Gasteiger partial charge in [-0.15, -0.1) is 0 Å². The molecule has 1 atom stereocenters. The molecule has 1 unspecified atom stereocenters. The predicted octanol–water partition coefficient (Wildman–Crippen LogP) is 4.58. The van der Waals surface area contributed by atoms with Gasteiger partial charge in [0.1, 0.15) is 17.5 Å². The number of carboxylic acids is 1. The Labute approximate surface area is 247 Å². The topological polar surface area (TPSA) is 131 Å². The molecule has 2 aliphatic heterocycles. The first-order chi connectivity index (χ1) is 20.3. The number of aromatic nitrogens is 2. The largest absolute Gasteiger partial charge is 0.480 e. The molecule has 3 amide bonds. The van der Waals surface area contributed by atoms with Crippen LogP contribution in [-0.4, -0.2) is 88.3 Å². The van der Waals surface area contributed by atoms with Gasteiger partial charge in [0, 0.05) is 51.9 Å². The number of aliphatic carboxylic acids is 1. The van der Waals surface area contributed by atoms with E-state index in [0.717, 1.165) is 37.7 Å². The third-order valence-electron chi connectivity index (χ3n) is 7.62. The second-order valence-corrected chi connectivity index (χ2v) is 10.4. The van der Waals surface area contributed by atoms with Crippen molar-refractivity contribution in [2.75, 3.05) is 54.4 Å². The molecule has 0 aliphatic carbocycles. The van der Waals surface area contributed by atoms with Gasteiger partial charge < -0.3 is 29.9 Å². The second kappa shape index (κ2) is 14.5. The first kappa shape index (κ1) is 30.6. The van der Waals surface area contributed by atoms with E-state index >= 15 is 0 Å². The molecule has 2 saturated heterocycles. The minimum Gasteiger partial charge on any atom is -0.480 e. The number of nitrogens with one attached hydrogen (secondary N) is 1. The van der Waals surface area contributed by atoms with Crippen molar-refractivity contribution in [3.05, 3.63) is 48.8 Å². The van der Waals surface area contributed by atoms with Crippen LogP contribution in [0, 0.1) is 0 Å². The maximum atomic E-state index is 13.3. The molecule has 0 bridgehead atoms. The average molecular weight is 580 g/mol. The van der Waals surface area contributed by atoms with Crippen LogP contribution >= 0.6 is 0 Å². The molecule has 2 fully saturated rings. The molecule has 12 heteroatoms. The fraction of sp³-hybridized carbons (Fsp3) is 0.500. The lowest BCUT2D eigenvalue weighted by Gasteiger charge is -2.28. The van der Waals surface area contributed by atoms with Crippen molar-refractivity contribution in [1.82, 2.24) is 19.8 Å². The van der Waals surface area contributed by atoms with E-state index in [1.807, 2.05) is 18.7 Å².